The summed E-state index contributed by atoms with van der Waals surface area (Å²) in [5.74, 6) is 1.42. The number of benzene rings is 1. The second-order valence-corrected chi connectivity index (χ2v) is 3.89. The van der Waals surface area contributed by atoms with Crippen LogP contribution in [0.4, 0.5) is 0 Å². The van der Waals surface area contributed by atoms with Crippen LogP contribution < -0.4 is 0 Å². The molecule has 0 aliphatic rings. The quantitative estimate of drug-likeness (QED) is 0.782. The maximum atomic E-state index is 10.6. The van der Waals surface area contributed by atoms with Gasteiger partial charge in [0.2, 0.25) is 0 Å². The number of rotatable bonds is 5. The minimum absolute atomic E-state index is 0.0323. The zero-order valence-electron chi connectivity index (χ0n) is 9.06. The fraction of sp³-hybridized carbons (Fsp3) is 0.250. The standard InChI is InChI=1S/C12H12ClNO3/c1-2-6-14(8-12(16)17)7-9-10(13)4-3-5-11(9)15/h1,3-5,15H,6-8H2,(H,16,17). The molecule has 1 rings (SSSR count). The number of carboxylic acid groups (broad SMARTS) is 1. The van der Waals surface area contributed by atoms with E-state index in [0.717, 1.165) is 0 Å². The summed E-state index contributed by atoms with van der Waals surface area (Å²) < 4.78 is 0. The van der Waals surface area contributed by atoms with Gasteiger partial charge in [-0.05, 0) is 12.1 Å². The molecule has 0 saturated carbocycles. The molecular weight excluding hydrogens is 242 g/mol. The molecule has 0 amide bonds. The van der Waals surface area contributed by atoms with E-state index in [-0.39, 0.29) is 25.4 Å². The first kappa shape index (κ1) is 13.4. The number of nitrogens with zero attached hydrogens (tertiary/aromatic N) is 1. The Morgan fingerprint density at radius 2 is 2.24 bits per heavy atom. The Bertz CT molecular complexity index is 433. The van der Waals surface area contributed by atoms with Crippen molar-refractivity contribution in [3.8, 4) is 18.1 Å². The Balaban J connectivity index is 2.86. The van der Waals surface area contributed by atoms with E-state index in [2.05, 4.69) is 5.92 Å². The number of carboxylic acids is 1. The highest BCUT2D eigenvalue weighted by atomic mass is 35.5. The van der Waals surface area contributed by atoms with Crippen LogP contribution in [-0.2, 0) is 11.3 Å². The van der Waals surface area contributed by atoms with Crippen LogP contribution in [-0.4, -0.2) is 34.2 Å². The van der Waals surface area contributed by atoms with Gasteiger partial charge in [0.05, 0.1) is 13.1 Å². The van der Waals surface area contributed by atoms with Gasteiger partial charge in [-0.2, -0.15) is 0 Å². The predicted molar refractivity (Wildman–Crippen MR) is 64.9 cm³/mol. The van der Waals surface area contributed by atoms with Crippen molar-refractivity contribution in [3.63, 3.8) is 0 Å². The van der Waals surface area contributed by atoms with Crippen LogP contribution in [0.2, 0.25) is 5.02 Å². The second-order valence-electron chi connectivity index (χ2n) is 3.48. The number of carbonyl (C=O) groups is 1. The fourth-order valence-electron chi connectivity index (χ4n) is 1.42. The number of terminal acetylenes is 1. The minimum atomic E-state index is -0.980. The monoisotopic (exact) mass is 253 g/mol. The summed E-state index contributed by atoms with van der Waals surface area (Å²) in [7, 11) is 0. The molecule has 1 aromatic rings. The van der Waals surface area contributed by atoms with E-state index >= 15 is 0 Å². The van der Waals surface area contributed by atoms with Gasteiger partial charge in [-0.1, -0.05) is 23.6 Å². The largest absolute Gasteiger partial charge is 0.508 e. The Morgan fingerprint density at radius 1 is 1.53 bits per heavy atom. The molecule has 0 saturated heterocycles. The average molecular weight is 254 g/mol. The van der Waals surface area contributed by atoms with Crippen molar-refractivity contribution in [2.24, 2.45) is 0 Å². The van der Waals surface area contributed by atoms with Crippen molar-refractivity contribution in [3.05, 3.63) is 28.8 Å². The van der Waals surface area contributed by atoms with E-state index in [1.165, 1.54) is 11.0 Å². The molecule has 0 heterocycles. The molecule has 0 atom stereocenters. The number of phenolic OH excluding ortho intramolecular Hbond substituents is 1. The maximum absolute atomic E-state index is 10.6. The molecule has 90 valence electrons. The highest BCUT2D eigenvalue weighted by molar-refractivity contribution is 6.31. The van der Waals surface area contributed by atoms with Crippen LogP contribution in [0, 0.1) is 12.3 Å². The molecule has 0 aliphatic carbocycles. The molecule has 0 fully saturated rings. The SMILES string of the molecule is C#CCN(CC(=O)O)Cc1c(O)cccc1Cl. The Morgan fingerprint density at radius 3 is 2.76 bits per heavy atom. The first-order valence-electron chi connectivity index (χ1n) is 4.88. The number of phenols is 1. The fourth-order valence-corrected chi connectivity index (χ4v) is 1.64. The molecule has 0 aliphatic heterocycles. The molecule has 5 heteroatoms. The van der Waals surface area contributed by atoms with E-state index in [1.807, 2.05) is 0 Å². The van der Waals surface area contributed by atoms with Crippen molar-refractivity contribution >= 4 is 17.6 Å². The number of aliphatic carboxylic acids is 1. The van der Waals surface area contributed by atoms with Gasteiger partial charge in [0, 0.05) is 17.1 Å². The van der Waals surface area contributed by atoms with Gasteiger partial charge in [0.1, 0.15) is 5.75 Å². The van der Waals surface area contributed by atoms with Gasteiger partial charge < -0.3 is 10.2 Å². The second kappa shape index (κ2) is 6.14. The van der Waals surface area contributed by atoms with E-state index in [1.54, 1.807) is 12.1 Å². The van der Waals surface area contributed by atoms with Gasteiger partial charge in [-0.15, -0.1) is 6.42 Å². The summed E-state index contributed by atoms with van der Waals surface area (Å²) in [6, 6.07) is 4.74. The Kier molecular flexibility index (Phi) is 4.83. The van der Waals surface area contributed by atoms with Crippen molar-refractivity contribution in [2.75, 3.05) is 13.1 Å². The zero-order chi connectivity index (χ0) is 12.8. The first-order chi connectivity index (χ1) is 8.04. The summed E-state index contributed by atoms with van der Waals surface area (Å²) >= 11 is 5.92. The number of hydrogen-bond acceptors (Lipinski definition) is 3. The molecule has 4 nitrogen and oxygen atoms in total. The van der Waals surface area contributed by atoms with Gasteiger partial charge in [-0.3, -0.25) is 9.69 Å². The van der Waals surface area contributed by atoms with Crippen LogP contribution in [0.1, 0.15) is 5.56 Å². The summed E-state index contributed by atoms with van der Waals surface area (Å²) in [5.41, 5.74) is 0.477. The molecule has 0 unspecified atom stereocenters. The Hall–Kier alpha value is -1.70. The summed E-state index contributed by atoms with van der Waals surface area (Å²) in [6.45, 7) is 0.174. The van der Waals surface area contributed by atoms with E-state index in [9.17, 15) is 9.90 Å². The van der Waals surface area contributed by atoms with Gasteiger partial charge in [-0.25, -0.2) is 0 Å². The zero-order valence-corrected chi connectivity index (χ0v) is 9.81. The summed E-state index contributed by atoms with van der Waals surface area (Å²) in [6.07, 6.45) is 5.15. The van der Waals surface area contributed by atoms with E-state index in [4.69, 9.17) is 23.1 Å². The van der Waals surface area contributed by atoms with Crippen LogP contribution in [0.3, 0.4) is 0 Å². The van der Waals surface area contributed by atoms with Crippen molar-refractivity contribution in [1.82, 2.24) is 4.90 Å². The van der Waals surface area contributed by atoms with Gasteiger partial charge in [0.25, 0.3) is 0 Å². The van der Waals surface area contributed by atoms with Crippen LogP contribution in [0.25, 0.3) is 0 Å². The van der Waals surface area contributed by atoms with Crippen LogP contribution >= 0.6 is 11.6 Å². The molecule has 1 aromatic carbocycles. The topological polar surface area (TPSA) is 60.8 Å². The van der Waals surface area contributed by atoms with Gasteiger partial charge >= 0.3 is 5.97 Å². The van der Waals surface area contributed by atoms with E-state index < -0.39 is 5.97 Å². The normalized spacial score (nSPS) is 10.2. The molecular formula is C12H12ClNO3. The molecule has 0 radical (unpaired) electrons. The van der Waals surface area contributed by atoms with Crippen molar-refractivity contribution in [2.45, 2.75) is 6.54 Å². The van der Waals surface area contributed by atoms with E-state index in [0.29, 0.717) is 10.6 Å². The highest BCUT2D eigenvalue weighted by Crippen LogP contribution is 2.26. The minimum Gasteiger partial charge on any atom is -0.508 e. The molecule has 17 heavy (non-hydrogen) atoms. The third-order valence-electron chi connectivity index (χ3n) is 2.15. The predicted octanol–water partition coefficient (Wildman–Crippen LogP) is 1.57. The molecule has 0 spiro atoms. The number of halogens is 1. The maximum Gasteiger partial charge on any atom is 0.317 e. The summed E-state index contributed by atoms with van der Waals surface area (Å²) in [4.78, 5) is 12.1. The summed E-state index contributed by atoms with van der Waals surface area (Å²) in [5, 5.41) is 18.7. The third-order valence-corrected chi connectivity index (χ3v) is 2.50. The molecule has 0 bridgehead atoms. The smallest absolute Gasteiger partial charge is 0.317 e. The van der Waals surface area contributed by atoms with Crippen LogP contribution in [0.5, 0.6) is 5.75 Å². The lowest BCUT2D eigenvalue weighted by atomic mass is 10.2. The van der Waals surface area contributed by atoms with Crippen LogP contribution in [0.15, 0.2) is 18.2 Å². The lowest BCUT2D eigenvalue weighted by molar-refractivity contribution is -0.138. The molecule has 2 N–H and O–H groups in total. The highest BCUT2D eigenvalue weighted by Gasteiger charge is 2.13. The van der Waals surface area contributed by atoms with Crippen molar-refractivity contribution < 1.29 is 15.0 Å². The first-order valence-corrected chi connectivity index (χ1v) is 5.26. The van der Waals surface area contributed by atoms with Gasteiger partial charge in [0.15, 0.2) is 0 Å². The average Bonchev–Trinajstić information content (AvgIpc) is 2.23. The lowest BCUT2D eigenvalue weighted by Crippen LogP contribution is -2.29. The van der Waals surface area contributed by atoms with Crippen molar-refractivity contribution in [1.29, 1.82) is 0 Å². The molecule has 0 aromatic heterocycles. The lowest BCUT2D eigenvalue weighted by Gasteiger charge is -2.18. The third kappa shape index (κ3) is 3.99. The number of aromatic hydroxyl groups is 1. The Labute approximate surface area is 104 Å². The number of hydrogen-bond donors (Lipinski definition) is 2.